The van der Waals surface area contributed by atoms with Gasteiger partial charge in [0.1, 0.15) is 6.61 Å². The Labute approximate surface area is 85.4 Å². The Bertz CT molecular complexity index is 170. The lowest BCUT2D eigenvalue weighted by molar-refractivity contribution is -0.125. The van der Waals surface area contributed by atoms with Crippen LogP contribution in [-0.2, 0) is 9.53 Å². The van der Waals surface area contributed by atoms with E-state index in [-0.39, 0.29) is 12.5 Å². The Kier molecular flexibility index (Phi) is 5.56. The van der Waals surface area contributed by atoms with E-state index in [1.807, 2.05) is 6.92 Å². The van der Waals surface area contributed by atoms with E-state index in [9.17, 15) is 4.79 Å². The fraction of sp³-hybridized carbons (Fsp3) is 0.900. The third-order valence-electron chi connectivity index (χ3n) is 2.04. The van der Waals surface area contributed by atoms with Crippen LogP contribution in [0.2, 0.25) is 0 Å². The van der Waals surface area contributed by atoms with E-state index in [1.165, 1.54) is 12.8 Å². The van der Waals surface area contributed by atoms with Crippen LogP contribution in [0, 0.1) is 0 Å². The average Bonchev–Trinajstić information content (AvgIpc) is 2.97. The first-order valence-electron chi connectivity index (χ1n) is 5.40. The normalized spacial score (nSPS) is 15.5. The monoisotopic (exact) mass is 200 g/mol. The number of carbonyl (C=O) groups is 1. The summed E-state index contributed by atoms with van der Waals surface area (Å²) in [4.78, 5) is 11.1. The first kappa shape index (κ1) is 11.5. The highest BCUT2D eigenvalue weighted by atomic mass is 16.5. The molecule has 4 nitrogen and oxygen atoms in total. The Morgan fingerprint density at radius 1 is 1.43 bits per heavy atom. The van der Waals surface area contributed by atoms with Crippen LogP contribution in [0.5, 0.6) is 0 Å². The van der Waals surface area contributed by atoms with Crippen molar-refractivity contribution in [3.63, 3.8) is 0 Å². The van der Waals surface area contributed by atoms with E-state index in [1.54, 1.807) is 0 Å². The van der Waals surface area contributed by atoms with Gasteiger partial charge in [-0.1, -0.05) is 6.92 Å². The summed E-state index contributed by atoms with van der Waals surface area (Å²) in [5.74, 6) is -0.0175. The zero-order chi connectivity index (χ0) is 10.2. The molecule has 82 valence electrons. The summed E-state index contributed by atoms with van der Waals surface area (Å²) in [5.41, 5.74) is 0. The van der Waals surface area contributed by atoms with Crippen molar-refractivity contribution in [1.82, 2.24) is 10.6 Å². The Morgan fingerprint density at radius 2 is 2.21 bits per heavy atom. The minimum absolute atomic E-state index is 0.0175. The van der Waals surface area contributed by atoms with Crippen molar-refractivity contribution in [2.45, 2.75) is 32.2 Å². The summed E-state index contributed by atoms with van der Waals surface area (Å²) in [6.45, 7) is 4.44. The molecule has 4 heteroatoms. The first-order chi connectivity index (χ1) is 6.83. The minimum Gasteiger partial charge on any atom is -0.372 e. The third-order valence-corrected chi connectivity index (χ3v) is 2.04. The van der Waals surface area contributed by atoms with E-state index in [0.717, 1.165) is 13.0 Å². The van der Waals surface area contributed by atoms with Crippen LogP contribution in [0.25, 0.3) is 0 Å². The van der Waals surface area contributed by atoms with Gasteiger partial charge in [-0.25, -0.2) is 0 Å². The molecule has 0 radical (unpaired) electrons. The number of rotatable bonds is 8. The van der Waals surface area contributed by atoms with Crippen LogP contribution in [0.1, 0.15) is 26.2 Å². The fourth-order valence-electron chi connectivity index (χ4n) is 1.13. The lowest BCUT2D eigenvalue weighted by Crippen LogP contribution is -2.34. The molecule has 0 heterocycles. The Balaban J connectivity index is 1.81. The molecule has 0 aromatic carbocycles. The second-order valence-electron chi connectivity index (χ2n) is 3.63. The summed E-state index contributed by atoms with van der Waals surface area (Å²) in [6.07, 6.45) is 3.53. The van der Waals surface area contributed by atoms with Crippen LogP contribution in [0.3, 0.4) is 0 Å². The van der Waals surface area contributed by atoms with Gasteiger partial charge in [0, 0.05) is 25.7 Å². The van der Waals surface area contributed by atoms with Crippen molar-refractivity contribution in [3.8, 4) is 0 Å². The molecule has 0 atom stereocenters. The number of nitrogens with one attached hydrogen (secondary N) is 2. The number of carbonyl (C=O) groups excluding carboxylic acids is 1. The van der Waals surface area contributed by atoms with Gasteiger partial charge in [-0.05, 0) is 19.3 Å². The van der Waals surface area contributed by atoms with Gasteiger partial charge in [-0.15, -0.1) is 0 Å². The standard InChI is InChI=1S/C10H20N2O2/c1-2-7-14-8-10(13)12-6-5-11-9-3-4-9/h9,11H,2-8H2,1H3,(H,12,13). The predicted molar refractivity (Wildman–Crippen MR) is 55.1 cm³/mol. The maximum absolute atomic E-state index is 11.1. The molecule has 0 aliphatic heterocycles. The Morgan fingerprint density at radius 3 is 2.86 bits per heavy atom. The second-order valence-corrected chi connectivity index (χ2v) is 3.63. The molecule has 1 rings (SSSR count). The van der Waals surface area contributed by atoms with Crippen molar-refractivity contribution in [2.24, 2.45) is 0 Å². The summed E-state index contributed by atoms with van der Waals surface area (Å²) in [7, 11) is 0. The summed E-state index contributed by atoms with van der Waals surface area (Å²) in [6, 6.07) is 0.711. The summed E-state index contributed by atoms with van der Waals surface area (Å²) in [5, 5.41) is 6.12. The zero-order valence-corrected chi connectivity index (χ0v) is 8.84. The van der Waals surface area contributed by atoms with Gasteiger partial charge >= 0.3 is 0 Å². The van der Waals surface area contributed by atoms with Gasteiger partial charge in [-0.3, -0.25) is 4.79 Å². The summed E-state index contributed by atoms with van der Waals surface area (Å²) >= 11 is 0. The maximum atomic E-state index is 11.1. The third kappa shape index (κ3) is 5.94. The van der Waals surface area contributed by atoms with Gasteiger partial charge < -0.3 is 15.4 Å². The first-order valence-corrected chi connectivity index (χ1v) is 5.40. The van der Waals surface area contributed by atoms with E-state index < -0.39 is 0 Å². The van der Waals surface area contributed by atoms with Crippen molar-refractivity contribution in [1.29, 1.82) is 0 Å². The molecule has 1 aliphatic rings. The lowest BCUT2D eigenvalue weighted by atomic mass is 10.5. The maximum Gasteiger partial charge on any atom is 0.246 e. The molecular formula is C10H20N2O2. The number of hydrogen-bond donors (Lipinski definition) is 2. The van der Waals surface area contributed by atoms with Crippen molar-refractivity contribution >= 4 is 5.91 Å². The highest BCUT2D eigenvalue weighted by Gasteiger charge is 2.19. The van der Waals surface area contributed by atoms with Gasteiger partial charge in [0.25, 0.3) is 0 Å². The largest absolute Gasteiger partial charge is 0.372 e. The molecular weight excluding hydrogens is 180 g/mol. The molecule has 1 saturated carbocycles. The van der Waals surface area contributed by atoms with Crippen LogP contribution >= 0.6 is 0 Å². The highest BCUT2D eigenvalue weighted by molar-refractivity contribution is 5.77. The van der Waals surface area contributed by atoms with Crippen molar-refractivity contribution in [2.75, 3.05) is 26.3 Å². The van der Waals surface area contributed by atoms with Crippen LogP contribution in [-0.4, -0.2) is 38.3 Å². The quantitative estimate of drug-likeness (QED) is 0.553. The number of ether oxygens (including phenoxy) is 1. The smallest absolute Gasteiger partial charge is 0.246 e. The number of amides is 1. The van der Waals surface area contributed by atoms with E-state index in [2.05, 4.69) is 10.6 Å². The van der Waals surface area contributed by atoms with Crippen molar-refractivity contribution < 1.29 is 9.53 Å². The second kappa shape index (κ2) is 6.79. The molecule has 14 heavy (non-hydrogen) atoms. The highest BCUT2D eigenvalue weighted by Crippen LogP contribution is 2.17. The molecule has 0 spiro atoms. The average molecular weight is 200 g/mol. The molecule has 0 saturated heterocycles. The van der Waals surface area contributed by atoms with E-state index in [0.29, 0.717) is 19.2 Å². The van der Waals surface area contributed by atoms with Gasteiger partial charge in [-0.2, -0.15) is 0 Å². The number of hydrogen-bond acceptors (Lipinski definition) is 3. The molecule has 0 bridgehead atoms. The van der Waals surface area contributed by atoms with Crippen LogP contribution in [0.4, 0.5) is 0 Å². The lowest BCUT2D eigenvalue weighted by Gasteiger charge is -2.06. The van der Waals surface area contributed by atoms with Crippen molar-refractivity contribution in [3.05, 3.63) is 0 Å². The topological polar surface area (TPSA) is 50.4 Å². The van der Waals surface area contributed by atoms with Gasteiger partial charge in [0.15, 0.2) is 0 Å². The zero-order valence-electron chi connectivity index (χ0n) is 8.84. The SMILES string of the molecule is CCCOCC(=O)NCCNC1CC1. The molecule has 0 aromatic rings. The van der Waals surface area contributed by atoms with Gasteiger partial charge in [0.05, 0.1) is 0 Å². The predicted octanol–water partition coefficient (Wildman–Crippen LogP) is 0.281. The van der Waals surface area contributed by atoms with E-state index >= 15 is 0 Å². The van der Waals surface area contributed by atoms with E-state index in [4.69, 9.17) is 4.74 Å². The fourth-order valence-corrected chi connectivity index (χ4v) is 1.13. The molecule has 2 N–H and O–H groups in total. The van der Waals surface area contributed by atoms with Crippen LogP contribution < -0.4 is 10.6 Å². The molecule has 0 unspecified atom stereocenters. The van der Waals surface area contributed by atoms with Gasteiger partial charge in [0.2, 0.25) is 5.91 Å². The minimum atomic E-state index is -0.0175. The Hall–Kier alpha value is -0.610. The molecule has 1 amide bonds. The molecule has 1 fully saturated rings. The molecule has 0 aromatic heterocycles. The van der Waals surface area contributed by atoms with Crippen LogP contribution in [0.15, 0.2) is 0 Å². The summed E-state index contributed by atoms with van der Waals surface area (Å²) < 4.78 is 5.10. The molecule has 1 aliphatic carbocycles.